The number of ether oxygens (including phenoxy) is 1. The average Bonchev–Trinajstić information content (AvgIpc) is 3.21. The van der Waals surface area contributed by atoms with Crippen LogP contribution in [0.1, 0.15) is 36.9 Å². The fourth-order valence-electron chi connectivity index (χ4n) is 3.12. The molecule has 5 nitrogen and oxygen atoms in total. The molecule has 1 N–H and O–H groups in total. The summed E-state index contributed by atoms with van der Waals surface area (Å²) in [6.07, 6.45) is 10.4. The number of carbonyl (C=O) groups is 1. The van der Waals surface area contributed by atoms with Crippen molar-refractivity contribution in [2.24, 2.45) is 0 Å². The summed E-state index contributed by atoms with van der Waals surface area (Å²) in [5.74, 6) is 0. The lowest BCUT2D eigenvalue weighted by atomic mass is 10.1. The fraction of sp³-hybridized carbons (Fsp3) is 0.364. The van der Waals surface area contributed by atoms with Crippen LogP contribution in [0.4, 0.5) is 10.5 Å². The van der Waals surface area contributed by atoms with Gasteiger partial charge in [0.25, 0.3) is 0 Å². The van der Waals surface area contributed by atoms with Crippen LogP contribution in [-0.4, -0.2) is 42.2 Å². The van der Waals surface area contributed by atoms with Crippen LogP contribution in [0.25, 0.3) is 12.2 Å². The number of benzene rings is 1. The normalized spacial score (nSPS) is 16.6. The maximum Gasteiger partial charge on any atom is 0.321 e. The van der Waals surface area contributed by atoms with Gasteiger partial charge in [-0.05, 0) is 61.6 Å². The molecule has 27 heavy (non-hydrogen) atoms. The number of urea groups is 1. The second kappa shape index (κ2) is 9.88. The minimum Gasteiger partial charge on any atom is -0.378 e. The van der Waals surface area contributed by atoms with Gasteiger partial charge in [0, 0.05) is 32.1 Å². The third-order valence-corrected chi connectivity index (χ3v) is 4.66. The third-order valence-electron chi connectivity index (χ3n) is 4.66. The van der Waals surface area contributed by atoms with Crippen LogP contribution in [0.2, 0.25) is 0 Å². The third kappa shape index (κ3) is 6.22. The molecule has 1 unspecified atom stereocenters. The number of nitrogens with zero attached hydrogens (tertiary/aromatic N) is 2. The predicted octanol–water partition coefficient (Wildman–Crippen LogP) is 4.67. The van der Waals surface area contributed by atoms with Crippen molar-refractivity contribution in [1.82, 2.24) is 9.88 Å². The van der Waals surface area contributed by atoms with Crippen LogP contribution in [0.3, 0.4) is 0 Å². The first kappa shape index (κ1) is 19.1. The molecule has 0 radical (unpaired) electrons. The molecule has 142 valence electrons. The molecule has 1 aromatic carbocycles. The lowest BCUT2D eigenvalue weighted by Gasteiger charge is -2.19. The lowest BCUT2D eigenvalue weighted by Crippen LogP contribution is -2.32. The van der Waals surface area contributed by atoms with E-state index in [2.05, 4.69) is 10.3 Å². The molecular formula is C22H27N3O2. The summed E-state index contributed by atoms with van der Waals surface area (Å²) in [5, 5.41) is 2.96. The van der Waals surface area contributed by atoms with E-state index in [4.69, 9.17) is 4.74 Å². The number of hydrogen-bond donors (Lipinski definition) is 1. The molecule has 1 aromatic heterocycles. The molecule has 1 fully saturated rings. The Balaban J connectivity index is 1.49. The number of rotatable bonds is 7. The van der Waals surface area contributed by atoms with Crippen LogP contribution in [0.5, 0.6) is 0 Å². The number of nitrogens with one attached hydrogen (secondary N) is 1. The average molecular weight is 365 g/mol. The molecule has 2 amide bonds. The van der Waals surface area contributed by atoms with Crippen LogP contribution in [0, 0.1) is 0 Å². The molecular weight excluding hydrogens is 338 g/mol. The van der Waals surface area contributed by atoms with Crippen molar-refractivity contribution in [2.75, 3.05) is 25.5 Å². The topological polar surface area (TPSA) is 54.5 Å². The van der Waals surface area contributed by atoms with Gasteiger partial charge < -0.3 is 15.0 Å². The zero-order valence-corrected chi connectivity index (χ0v) is 15.8. The van der Waals surface area contributed by atoms with Gasteiger partial charge in [-0.3, -0.25) is 4.98 Å². The van der Waals surface area contributed by atoms with Gasteiger partial charge in [-0.25, -0.2) is 4.79 Å². The van der Waals surface area contributed by atoms with Gasteiger partial charge in [-0.2, -0.15) is 0 Å². The smallest absolute Gasteiger partial charge is 0.321 e. The highest BCUT2D eigenvalue weighted by molar-refractivity contribution is 5.89. The Kier molecular flexibility index (Phi) is 6.99. The molecule has 3 rings (SSSR count). The standard InChI is InChI=1S/C22H27N3O2/c1-25(15-5-10-21-11-6-16-27-21)22(26)24-20-9-4-7-18(17-20)12-13-19-8-2-3-14-23-19/h2-4,7-9,12-14,17,21H,5-6,10-11,15-16H2,1H3,(H,24,26). The Hall–Kier alpha value is -2.66. The fourth-order valence-corrected chi connectivity index (χ4v) is 3.12. The molecule has 0 bridgehead atoms. The van der Waals surface area contributed by atoms with Crippen molar-refractivity contribution in [1.29, 1.82) is 0 Å². The summed E-state index contributed by atoms with van der Waals surface area (Å²) in [7, 11) is 1.83. The van der Waals surface area contributed by atoms with E-state index in [1.165, 1.54) is 0 Å². The summed E-state index contributed by atoms with van der Waals surface area (Å²) >= 11 is 0. The molecule has 1 atom stereocenters. The van der Waals surface area contributed by atoms with E-state index in [9.17, 15) is 4.79 Å². The summed E-state index contributed by atoms with van der Waals surface area (Å²) in [4.78, 5) is 18.4. The van der Waals surface area contributed by atoms with Crippen molar-refractivity contribution in [3.8, 4) is 0 Å². The van der Waals surface area contributed by atoms with Crippen molar-refractivity contribution < 1.29 is 9.53 Å². The lowest BCUT2D eigenvalue weighted by molar-refractivity contribution is 0.101. The predicted molar refractivity (Wildman–Crippen MR) is 109 cm³/mol. The van der Waals surface area contributed by atoms with Gasteiger partial charge in [-0.1, -0.05) is 24.3 Å². The Labute approximate surface area is 161 Å². The van der Waals surface area contributed by atoms with Crippen LogP contribution >= 0.6 is 0 Å². The quantitative estimate of drug-likeness (QED) is 0.775. The number of aromatic nitrogens is 1. The van der Waals surface area contributed by atoms with Crippen molar-refractivity contribution in [2.45, 2.75) is 31.8 Å². The summed E-state index contributed by atoms with van der Waals surface area (Å²) in [5.41, 5.74) is 2.70. The number of amides is 2. The van der Waals surface area contributed by atoms with Gasteiger partial charge in [0.2, 0.25) is 0 Å². The van der Waals surface area contributed by atoms with E-state index >= 15 is 0 Å². The molecule has 1 aliphatic rings. The van der Waals surface area contributed by atoms with Crippen LogP contribution in [-0.2, 0) is 4.74 Å². The second-order valence-electron chi connectivity index (χ2n) is 6.84. The minimum absolute atomic E-state index is 0.0896. The monoisotopic (exact) mass is 365 g/mol. The highest BCUT2D eigenvalue weighted by Crippen LogP contribution is 2.17. The molecule has 5 heteroatoms. The first-order valence-corrected chi connectivity index (χ1v) is 9.53. The van der Waals surface area contributed by atoms with Gasteiger partial charge in [-0.15, -0.1) is 0 Å². The van der Waals surface area contributed by atoms with Crippen molar-refractivity contribution in [3.63, 3.8) is 0 Å². The maximum atomic E-state index is 12.4. The zero-order valence-electron chi connectivity index (χ0n) is 15.8. The molecule has 0 aliphatic carbocycles. The second-order valence-corrected chi connectivity index (χ2v) is 6.84. The molecule has 1 aliphatic heterocycles. The molecule has 1 saturated heterocycles. The Morgan fingerprint density at radius 2 is 2.22 bits per heavy atom. The van der Waals surface area contributed by atoms with Crippen molar-refractivity contribution in [3.05, 3.63) is 59.9 Å². The Bertz CT molecular complexity index is 755. The number of hydrogen-bond acceptors (Lipinski definition) is 3. The van der Waals surface area contributed by atoms with Gasteiger partial charge in [0.05, 0.1) is 11.8 Å². The highest BCUT2D eigenvalue weighted by atomic mass is 16.5. The molecule has 2 heterocycles. The largest absolute Gasteiger partial charge is 0.378 e. The zero-order chi connectivity index (χ0) is 18.9. The Morgan fingerprint density at radius 3 is 3.00 bits per heavy atom. The number of pyridine rings is 1. The maximum absolute atomic E-state index is 12.4. The molecule has 2 aromatic rings. The van der Waals surface area contributed by atoms with E-state index in [0.717, 1.165) is 55.8 Å². The first-order chi connectivity index (χ1) is 13.2. The van der Waals surface area contributed by atoms with Crippen LogP contribution in [0.15, 0.2) is 48.7 Å². The van der Waals surface area contributed by atoms with Gasteiger partial charge >= 0.3 is 6.03 Å². The molecule has 0 saturated carbocycles. The van der Waals surface area contributed by atoms with Crippen molar-refractivity contribution >= 4 is 23.9 Å². The summed E-state index contributed by atoms with van der Waals surface area (Å²) in [6, 6.07) is 13.5. The van der Waals surface area contributed by atoms with E-state index in [1.54, 1.807) is 11.1 Å². The number of anilines is 1. The SMILES string of the molecule is CN(CCCC1CCCO1)C(=O)Nc1cccc(C=Cc2ccccn2)c1. The van der Waals surface area contributed by atoms with E-state index < -0.39 is 0 Å². The summed E-state index contributed by atoms with van der Waals surface area (Å²) < 4.78 is 5.63. The first-order valence-electron chi connectivity index (χ1n) is 9.53. The van der Waals surface area contributed by atoms with Crippen LogP contribution < -0.4 is 5.32 Å². The van der Waals surface area contributed by atoms with Gasteiger partial charge in [0.15, 0.2) is 0 Å². The van der Waals surface area contributed by atoms with Gasteiger partial charge in [0.1, 0.15) is 0 Å². The number of carbonyl (C=O) groups excluding carboxylic acids is 1. The van der Waals surface area contributed by atoms with E-state index in [-0.39, 0.29) is 6.03 Å². The van der Waals surface area contributed by atoms with E-state index in [1.807, 2.05) is 61.7 Å². The minimum atomic E-state index is -0.0896. The Morgan fingerprint density at radius 1 is 1.30 bits per heavy atom. The summed E-state index contributed by atoms with van der Waals surface area (Å²) in [6.45, 7) is 1.61. The highest BCUT2D eigenvalue weighted by Gasteiger charge is 2.16. The molecule has 0 spiro atoms. The van der Waals surface area contributed by atoms with E-state index in [0.29, 0.717) is 6.10 Å².